The molecule has 0 radical (unpaired) electrons. The Balaban J connectivity index is 1.99. The molecule has 0 saturated heterocycles. The Hall–Kier alpha value is -2.83. The van der Waals surface area contributed by atoms with Crippen LogP contribution in [0.15, 0.2) is 57.9 Å². The number of hydrogen-bond acceptors (Lipinski definition) is 3. The molecule has 1 aliphatic rings. The normalized spacial score (nSPS) is 15.9. The highest BCUT2D eigenvalue weighted by atomic mass is 19.3. The van der Waals surface area contributed by atoms with E-state index in [1.54, 1.807) is 30.3 Å². The second kappa shape index (κ2) is 7.63. The van der Waals surface area contributed by atoms with Crippen molar-refractivity contribution >= 4 is 18.4 Å². The van der Waals surface area contributed by atoms with Crippen LogP contribution in [-0.4, -0.2) is 24.5 Å². The van der Waals surface area contributed by atoms with Crippen LogP contribution in [0.1, 0.15) is 30.9 Å². The van der Waals surface area contributed by atoms with Crippen molar-refractivity contribution in [2.24, 2.45) is 15.7 Å². The first kappa shape index (κ1) is 17.5. The van der Waals surface area contributed by atoms with Crippen LogP contribution in [0.5, 0.6) is 0 Å². The summed E-state index contributed by atoms with van der Waals surface area (Å²) in [6.07, 6.45) is 3.35. The molecule has 0 unspecified atom stereocenters. The van der Waals surface area contributed by atoms with Gasteiger partial charge in [0.05, 0.1) is 0 Å². The molecule has 126 valence electrons. The SMILES string of the molecule is CC(F)(F)OC1=CC=C(N=CN=C(N)c2ccc(C=N)cc2)CC1. The Morgan fingerprint density at radius 2 is 1.96 bits per heavy atom. The maximum atomic E-state index is 12.7. The van der Waals surface area contributed by atoms with E-state index in [9.17, 15) is 8.78 Å². The van der Waals surface area contributed by atoms with E-state index < -0.39 is 6.11 Å². The highest BCUT2D eigenvalue weighted by Crippen LogP contribution is 2.26. The molecule has 24 heavy (non-hydrogen) atoms. The number of aliphatic imine (C=N–C) groups is 2. The van der Waals surface area contributed by atoms with E-state index in [4.69, 9.17) is 11.1 Å². The molecule has 0 heterocycles. The summed E-state index contributed by atoms with van der Waals surface area (Å²) in [6.45, 7) is 0.706. The van der Waals surface area contributed by atoms with Gasteiger partial charge >= 0.3 is 6.11 Å². The minimum atomic E-state index is -3.17. The summed E-state index contributed by atoms with van der Waals surface area (Å²) in [7, 11) is 0. The van der Waals surface area contributed by atoms with Gasteiger partial charge in [0.2, 0.25) is 0 Å². The third-order valence-electron chi connectivity index (χ3n) is 3.19. The maximum Gasteiger partial charge on any atom is 0.394 e. The molecule has 3 N–H and O–H groups in total. The molecule has 5 nitrogen and oxygen atoms in total. The molecule has 2 rings (SSSR count). The number of nitrogens with one attached hydrogen (secondary N) is 1. The predicted molar refractivity (Wildman–Crippen MR) is 90.7 cm³/mol. The lowest BCUT2D eigenvalue weighted by molar-refractivity contribution is -0.199. The molecule has 0 spiro atoms. The summed E-state index contributed by atoms with van der Waals surface area (Å²) in [5.74, 6) is 0.535. The van der Waals surface area contributed by atoms with E-state index in [-0.39, 0.29) is 5.76 Å². The molecular formula is C17H18F2N4O. The number of allylic oxidation sites excluding steroid dienone is 4. The van der Waals surface area contributed by atoms with Gasteiger partial charge in [0.25, 0.3) is 0 Å². The number of benzene rings is 1. The Bertz CT molecular complexity index is 713. The first-order chi connectivity index (χ1) is 11.4. The number of alkyl halides is 2. The quantitative estimate of drug-likeness (QED) is 0.616. The standard InChI is InChI=1S/C17H18F2N4O/c1-17(18,19)24-15-8-6-14(7-9-15)22-11-23-16(21)13-4-2-12(10-20)3-5-13/h2-6,8,10-11,20H,7,9H2,1H3,(H2,21,22,23). The van der Waals surface area contributed by atoms with Gasteiger partial charge in [-0.05, 0) is 24.1 Å². The number of hydrogen-bond donors (Lipinski definition) is 2. The number of ether oxygens (including phenoxy) is 1. The molecule has 0 aromatic heterocycles. The van der Waals surface area contributed by atoms with Crippen LogP contribution < -0.4 is 5.73 Å². The maximum absolute atomic E-state index is 12.7. The van der Waals surface area contributed by atoms with Crippen LogP contribution in [-0.2, 0) is 4.74 Å². The predicted octanol–water partition coefficient (Wildman–Crippen LogP) is 3.61. The molecule has 0 aliphatic heterocycles. The summed E-state index contributed by atoms with van der Waals surface area (Å²) in [5, 5.41) is 7.14. The van der Waals surface area contributed by atoms with Crippen molar-refractivity contribution < 1.29 is 13.5 Å². The Kier molecular flexibility index (Phi) is 5.57. The van der Waals surface area contributed by atoms with Crippen molar-refractivity contribution in [1.82, 2.24) is 0 Å². The zero-order chi connectivity index (χ0) is 17.6. The summed E-state index contributed by atoms with van der Waals surface area (Å²) in [4.78, 5) is 8.21. The van der Waals surface area contributed by atoms with Crippen LogP contribution in [0, 0.1) is 5.41 Å². The van der Waals surface area contributed by atoms with Gasteiger partial charge in [0, 0.05) is 30.8 Å². The molecule has 0 fully saturated rings. The number of nitrogens with two attached hydrogens (primary N) is 1. The number of nitrogens with zero attached hydrogens (tertiary/aromatic N) is 2. The monoisotopic (exact) mass is 332 g/mol. The molecule has 0 amide bonds. The van der Waals surface area contributed by atoms with Gasteiger partial charge < -0.3 is 15.9 Å². The summed E-state index contributed by atoms with van der Waals surface area (Å²) >= 11 is 0. The van der Waals surface area contributed by atoms with Crippen LogP contribution >= 0.6 is 0 Å². The van der Waals surface area contributed by atoms with Crippen molar-refractivity contribution in [1.29, 1.82) is 5.41 Å². The van der Waals surface area contributed by atoms with Gasteiger partial charge in [0.1, 0.15) is 17.9 Å². The lowest BCUT2D eigenvalue weighted by Crippen LogP contribution is -2.15. The van der Waals surface area contributed by atoms with Crippen molar-refractivity contribution in [3.8, 4) is 0 Å². The largest absolute Gasteiger partial charge is 0.437 e. The van der Waals surface area contributed by atoms with Crippen molar-refractivity contribution in [3.63, 3.8) is 0 Å². The van der Waals surface area contributed by atoms with E-state index in [0.717, 1.165) is 11.1 Å². The average Bonchev–Trinajstić information content (AvgIpc) is 2.55. The second-order valence-electron chi connectivity index (χ2n) is 5.23. The van der Waals surface area contributed by atoms with Crippen molar-refractivity contribution in [3.05, 3.63) is 59.0 Å². The van der Waals surface area contributed by atoms with Gasteiger partial charge in [-0.25, -0.2) is 9.98 Å². The first-order valence-electron chi connectivity index (χ1n) is 7.31. The second-order valence-corrected chi connectivity index (χ2v) is 5.23. The third-order valence-corrected chi connectivity index (χ3v) is 3.19. The molecule has 1 aromatic carbocycles. The van der Waals surface area contributed by atoms with E-state index >= 15 is 0 Å². The van der Waals surface area contributed by atoms with Crippen LogP contribution in [0.25, 0.3) is 0 Å². The third kappa shape index (κ3) is 5.42. The topological polar surface area (TPSA) is 83.8 Å². The lowest BCUT2D eigenvalue weighted by Gasteiger charge is -2.17. The highest BCUT2D eigenvalue weighted by molar-refractivity contribution is 6.01. The summed E-state index contributed by atoms with van der Waals surface area (Å²) in [6, 6.07) is 7.07. The molecule has 0 atom stereocenters. The highest BCUT2D eigenvalue weighted by Gasteiger charge is 2.24. The van der Waals surface area contributed by atoms with Crippen LogP contribution in [0.3, 0.4) is 0 Å². The fourth-order valence-electron chi connectivity index (χ4n) is 2.02. The molecular weight excluding hydrogens is 314 g/mol. The molecule has 1 aromatic rings. The zero-order valence-electron chi connectivity index (χ0n) is 13.2. The van der Waals surface area contributed by atoms with E-state index in [0.29, 0.717) is 31.3 Å². The lowest BCUT2D eigenvalue weighted by atomic mass is 10.1. The summed E-state index contributed by atoms with van der Waals surface area (Å²) < 4.78 is 30.0. The van der Waals surface area contributed by atoms with Gasteiger partial charge in [-0.1, -0.05) is 24.3 Å². The minimum absolute atomic E-state index is 0.232. The molecule has 0 bridgehead atoms. The number of amidine groups is 1. The Morgan fingerprint density at radius 1 is 1.25 bits per heavy atom. The van der Waals surface area contributed by atoms with Gasteiger partial charge in [-0.3, -0.25) is 0 Å². The van der Waals surface area contributed by atoms with Crippen molar-refractivity contribution in [2.75, 3.05) is 0 Å². The summed E-state index contributed by atoms with van der Waals surface area (Å²) in [5.41, 5.74) is 8.07. The van der Waals surface area contributed by atoms with Crippen LogP contribution in [0.2, 0.25) is 0 Å². The first-order valence-corrected chi connectivity index (χ1v) is 7.31. The molecule has 0 saturated carbocycles. The smallest absolute Gasteiger partial charge is 0.394 e. The Morgan fingerprint density at radius 3 is 2.50 bits per heavy atom. The Labute approximate surface area is 138 Å². The van der Waals surface area contributed by atoms with Gasteiger partial charge in [0.15, 0.2) is 0 Å². The van der Waals surface area contributed by atoms with E-state index in [2.05, 4.69) is 14.7 Å². The molecule has 7 heteroatoms. The fourth-order valence-corrected chi connectivity index (χ4v) is 2.02. The average molecular weight is 332 g/mol. The number of halogens is 2. The fraction of sp³-hybridized carbons (Fsp3) is 0.235. The zero-order valence-corrected chi connectivity index (χ0v) is 13.2. The van der Waals surface area contributed by atoms with Gasteiger partial charge in [-0.2, -0.15) is 8.78 Å². The van der Waals surface area contributed by atoms with Gasteiger partial charge in [-0.15, -0.1) is 0 Å². The number of rotatable bonds is 6. The van der Waals surface area contributed by atoms with E-state index in [1.165, 1.54) is 18.6 Å². The van der Waals surface area contributed by atoms with Crippen molar-refractivity contribution in [2.45, 2.75) is 25.9 Å². The molecule has 1 aliphatic carbocycles. The van der Waals surface area contributed by atoms with E-state index in [1.807, 2.05) is 0 Å². The van der Waals surface area contributed by atoms with Crippen LogP contribution in [0.4, 0.5) is 8.78 Å². The minimum Gasteiger partial charge on any atom is -0.437 e.